The molecule has 2 heterocycles. The number of anilines is 1. The molecule has 0 saturated carbocycles. The van der Waals surface area contributed by atoms with Crippen molar-refractivity contribution in [3.8, 4) is 6.07 Å². The monoisotopic (exact) mass is 425 g/mol. The first-order valence-corrected chi connectivity index (χ1v) is 11.2. The highest BCUT2D eigenvalue weighted by Crippen LogP contribution is 2.47. The predicted octanol–water partition coefficient (Wildman–Crippen LogP) is 1.43. The van der Waals surface area contributed by atoms with Crippen LogP contribution in [0.4, 0.5) is 5.95 Å². The normalized spacial score (nSPS) is 13.1. The van der Waals surface area contributed by atoms with E-state index in [9.17, 15) is 14.6 Å². The predicted molar refractivity (Wildman–Crippen MR) is 110 cm³/mol. The molecule has 0 aliphatic rings. The van der Waals surface area contributed by atoms with E-state index in [2.05, 4.69) is 21.0 Å². The summed E-state index contributed by atoms with van der Waals surface area (Å²) in [6.07, 6.45) is 1.76. The Kier molecular flexibility index (Phi) is 8.34. The van der Waals surface area contributed by atoms with Gasteiger partial charge in [-0.15, -0.1) is 0 Å². The average Bonchev–Trinajstić information content (AvgIpc) is 3.07. The van der Waals surface area contributed by atoms with Gasteiger partial charge in [0.15, 0.2) is 11.2 Å². The summed E-state index contributed by atoms with van der Waals surface area (Å²) in [4.78, 5) is 24.6. The van der Waals surface area contributed by atoms with Crippen LogP contribution in [0.5, 0.6) is 0 Å². The van der Waals surface area contributed by atoms with Gasteiger partial charge in [0.1, 0.15) is 0 Å². The number of aromatic nitrogens is 4. The van der Waals surface area contributed by atoms with Gasteiger partial charge in [0.2, 0.25) is 5.95 Å². The zero-order valence-electron chi connectivity index (χ0n) is 17.0. The molecule has 0 bridgehead atoms. The van der Waals surface area contributed by atoms with Crippen LogP contribution in [0.2, 0.25) is 0 Å². The fourth-order valence-corrected chi connectivity index (χ4v) is 4.58. The molecular weight excluding hydrogens is 397 g/mol. The minimum absolute atomic E-state index is 0.0218. The Hall–Kier alpha value is -2.25. The molecule has 0 aliphatic heterocycles. The Bertz CT molecular complexity index is 941. The molecule has 0 aliphatic carbocycles. The molecule has 2 aromatic heterocycles. The number of H-pyrrole nitrogens is 1. The van der Waals surface area contributed by atoms with Gasteiger partial charge in [-0.25, -0.2) is 4.98 Å². The van der Waals surface area contributed by atoms with E-state index >= 15 is 0 Å². The maximum atomic E-state index is 12.7. The molecule has 0 fully saturated rings. The van der Waals surface area contributed by atoms with Crippen molar-refractivity contribution in [3.05, 3.63) is 16.7 Å². The zero-order chi connectivity index (χ0) is 21.4. The van der Waals surface area contributed by atoms with E-state index in [1.54, 1.807) is 18.4 Å². The Balaban J connectivity index is 2.12. The largest absolute Gasteiger partial charge is 0.369 e. The number of rotatable bonds is 12. The summed E-state index contributed by atoms with van der Waals surface area (Å²) < 4.78 is 25.2. The van der Waals surface area contributed by atoms with Gasteiger partial charge in [-0.1, -0.05) is 0 Å². The highest BCUT2D eigenvalue weighted by molar-refractivity contribution is 7.53. The minimum atomic E-state index is -3.18. The summed E-state index contributed by atoms with van der Waals surface area (Å²) in [6.45, 7) is 7.90. The van der Waals surface area contributed by atoms with E-state index < -0.39 is 13.2 Å². The van der Waals surface area contributed by atoms with Crippen LogP contribution in [0.25, 0.3) is 11.2 Å². The summed E-state index contributed by atoms with van der Waals surface area (Å²) in [6, 6.07) is 2.21. The van der Waals surface area contributed by atoms with E-state index in [1.165, 1.54) is 6.33 Å². The molecule has 29 heavy (non-hydrogen) atoms. The van der Waals surface area contributed by atoms with Crippen molar-refractivity contribution in [2.24, 2.45) is 5.92 Å². The summed E-state index contributed by atoms with van der Waals surface area (Å²) in [5.41, 5.74) is 5.85. The lowest BCUT2D eigenvalue weighted by atomic mass is 10.2. The Labute approximate surface area is 169 Å². The lowest BCUT2D eigenvalue weighted by Crippen LogP contribution is -2.34. The number of nitriles is 1. The molecule has 160 valence electrons. The SMILES string of the molecule is CCOP(=O)(CCN(CCn1cnc2c(=O)[nH]c(N)nc21)CC(C)C#N)OCC. The van der Waals surface area contributed by atoms with Crippen LogP contribution < -0.4 is 11.3 Å². The molecule has 12 heteroatoms. The number of hydrogen-bond acceptors (Lipinski definition) is 9. The van der Waals surface area contributed by atoms with Crippen molar-refractivity contribution in [1.82, 2.24) is 24.4 Å². The van der Waals surface area contributed by atoms with Crippen molar-refractivity contribution >= 4 is 24.7 Å². The summed E-state index contributed by atoms with van der Waals surface area (Å²) >= 11 is 0. The van der Waals surface area contributed by atoms with Crippen LogP contribution in [0, 0.1) is 17.2 Å². The number of nitrogen functional groups attached to an aromatic ring is 1. The molecule has 1 atom stereocenters. The second kappa shape index (κ2) is 10.5. The van der Waals surface area contributed by atoms with Crippen molar-refractivity contribution in [1.29, 1.82) is 5.26 Å². The fraction of sp³-hybridized carbons (Fsp3) is 0.647. The van der Waals surface area contributed by atoms with Crippen molar-refractivity contribution < 1.29 is 13.6 Å². The second-order valence-corrected chi connectivity index (χ2v) is 8.75. The van der Waals surface area contributed by atoms with Crippen LogP contribution in [0.3, 0.4) is 0 Å². The van der Waals surface area contributed by atoms with Crippen LogP contribution in [0.1, 0.15) is 20.8 Å². The third-order valence-corrected chi connectivity index (χ3v) is 6.30. The van der Waals surface area contributed by atoms with E-state index in [0.717, 1.165) is 0 Å². The van der Waals surface area contributed by atoms with Crippen LogP contribution >= 0.6 is 7.60 Å². The number of hydrogen-bond donors (Lipinski definition) is 2. The van der Waals surface area contributed by atoms with Crippen LogP contribution in [-0.2, 0) is 20.2 Å². The zero-order valence-corrected chi connectivity index (χ0v) is 17.9. The molecule has 1 unspecified atom stereocenters. The molecular formula is C17H28N7O4P. The maximum absolute atomic E-state index is 12.7. The third kappa shape index (κ3) is 6.37. The third-order valence-electron chi connectivity index (χ3n) is 4.24. The first kappa shape index (κ1) is 23.0. The van der Waals surface area contributed by atoms with Crippen molar-refractivity contribution in [3.63, 3.8) is 0 Å². The van der Waals surface area contributed by atoms with Gasteiger partial charge in [-0.05, 0) is 20.8 Å². The van der Waals surface area contributed by atoms with Crippen LogP contribution in [0.15, 0.2) is 11.1 Å². The van der Waals surface area contributed by atoms with Gasteiger partial charge in [-0.2, -0.15) is 10.2 Å². The van der Waals surface area contributed by atoms with Gasteiger partial charge in [0.25, 0.3) is 5.56 Å². The van der Waals surface area contributed by atoms with E-state index in [-0.39, 0.29) is 23.5 Å². The molecule has 11 nitrogen and oxygen atoms in total. The topological polar surface area (TPSA) is 152 Å². The standard InChI is InChI=1S/C17H28N7O4P/c1-4-27-29(26,28-5-2)9-8-23(11-13(3)10-18)6-7-24-12-20-14-15(24)21-17(19)22-16(14)25/h12-13H,4-9,11H2,1-3H3,(H3,19,21,22,25). The number of aromatic amines is 1. The maximum Gasteiger partial charge on any atom is 0.331 e. The number of fused-ring (bicyclic) bond motifs is 1. The number of imidazole rings is 1. The van der Waals surface area contributed by atoms with E-state index in [4.69, 9.17) is 14.8 Å². The Morgan fingerprint density at radius 1 is 1.38 bits per heavy atom. The molecule has 0 saturated heterocycles. The molecule has 2 aromatic rings. The highest BCUT2D eigenvalue weighted by atomic mass is 31.2. The first-order valence-electron chi connectivity index (χ1n) is 9.52. The first-order chi connectivity index (χ1) is 13.8. The van der Waals surface area contributed by atoms with Gasteiger partial charge >= 0.3 is 7.60 Å². The number of nitrogens with two attached hydrogens (primary N) is 1. The quantitative estimate of drug-likeness (QED) is 0.481. The summed E-state index contributed by atoms with van der Waals surface area (Å²) in [7, 11) is -3.18. The van der Waals surface area contributed by atoms with Gasteiger partial charge in [0, 0.05) is 26.2 Å². The molecule has 0 aromatic carbocycles. The van der Waals surface area contributed by atoms with Crippen molar-refractivity contribution in [2.75, 3.05) is 44.7 Å². The van der Waals surface area contributed by atoms with Crippen LogP contribution in [-0.4, -0.2) is 63.4 Å². The van der Waals surface area contributed by atoms with Crippen molar-refractivity contribution in [2.45, 2.75) is 27.3 Å². The lowest BCUT2D eigenvalue weighted by molar-refractivity contribution is 0.208. The number of nitrogens with zero attached hydrogens (tertiary/aromatic N) is 5. The smallest absolute Gasteiger partial charge is 0.331 e. The minimum Gasteiger partial charge on any atom is -0.369 e. The Morgan fingerprint density at radius 2 is 2.07 bits per heavy atom. The number of nitrogens with one attached hydrogen (secondary N) is 1. The average molecular weight is 425 g/mol. The second-order valence-electron chi connectivity index (χ2n) is 6.56. The van der Waals surface area contributed by atoms with Gasteiger partial charge < -0.3 is 19.3 Å². The van der Waals surface area contributed by atoms with Gasteiger partial charge in [0.05, 0.1) is 37.7 Å². The summed E-state index contributed by atoms with van der Waals surface area (Å²) in [5.74, 6) is -0.182. The fourth-order valence-electron chi connectivity index (χ4n) is 2.93. The van der Waals surface area contributed by atoms with E-state index in [0.29, 0.717) is 45.0 Å². The Morgan fingerprint density at radius 3 is 2.69 bits per heavy atom. The molecule has 0 radical (unpaired) electrons. The molecule has 2 rings (SSSR count). The lowest BCUT2D eigenvalue weighted by Gasteiger charge is -2.25. The molecule has 3 N–H and O–H groups in total. The molecule has 0 spiro atoms. The van der Waals surface area contributed by atoms with Gasteiger partial charge in [-0.3, -0.25) is 19.2 Å². The highest BCUT2D eigenvalue weighted by Gasteiger charge is 2.25. The summed E-state index contributed by atoms with van der Waals surface area (Å²) in [5, 5.41) is 9.18. The van der Waals surface area contributed by atoms with E-state index in [1.807, 2.05) is 11.8 Å². The molecule has 0 amide bonds.